The summed E-state index contributed by atoms with van der Waals surface area (Å²) in [5.74, 6) is 0.189. The van der Waals surface area contributed by atoms with Crippen LogP contribution < -0.4 is 25.2 Å². The quantitative estimate of drug-likeness (QED) is 0.0890. The number of rotatable bonds is 16. The topological polar surface area (TPSA) is 152 Å². The van der Waals surface area contributed by atoms with Gasteiger partial charge in [-0.2, -0.15) is 0 Å². The van der Waals surface area contributed by atoms with Crippen LogP contribution in [0.1, 0.15) is 42.2 Å². The molecule has 7 aromatic carbocycles. The van der Waals surface area contributed by atoms with E-state index in [0.29, 0.717) is 55.3 Å². The summed E-state index contributed by atoms with van der Waals surface area (Å²) in [6, 6.07) is 56.8. The number of amides is 4. The number of nitrogens with zero attached hydrogens (tertiary/aromatic N) is 9. The first-order valence-electron chi connectivity index (χ1n) is 28.3. The molecule has 15 heteroatoms. The first-order valence-corrected chi connectivity index (χ1v) is 28.3. The van der Waals surface area contributed by atoms with Crippen LogP contribution in [-0.2, 0) is 9.59 Å². The lowest BCUT2D eigenvalue weighted by atomic mass is 9.80. The molecule has 3 saturated heterocycles. The van der Waals surface area contributed by atoms with Crippen LogP contribution in [0.4, 0.5) is 27.8 Å². The Morgan fingerprint density at radius 1 is 0.457 bits per heavy atom. The summed E-state index contributed by atoms with van der Waals surface area (Å²) in [4.78, 5) is 73.2. The van der Waals surface area contributed by atoms with E-state index in [0.717, 1.165) is 127 Å². The monoisotopic (exact) mass is 1080 g/mol. The van der Waals surface area contributed by atoms with Crippen LogP contribution in [0.3, 0.4) is 0 Å². The number of carbonyl (C=O) groups is 3. The summed E-state index contributed by atoms with van der Waals surface area (Å²) >= 11 is 0. The number of anilines is 4. The molecule has 0 bridgehead atoms. The molecule has 2 N–H and O–H groups in total. The number of fused-ring (bicyclic) bond motifs is 2. The summed E-state index contributed by atoms with van der Waals surface area (Å²) in [5.41, 5.74) is 9.71. The molecule has 3 aliphatic heterocycles. The largest absolute Gasteiger partial charge is 0.494 e. The van der Waals surface area contributed by atoms with Crippen LogP contribution in [0, 0.1) is 0 Å². The fraction of sp³-hybridized carbons (Fsp3) is 0.258. The number of ether oxygens (including phenoxy) is 1. The van der Waals surface area contributed by atoms with Crippen molar-refractivity contribution in [3.63, 3.8) is 0 Å². The van der Waals surface area contributed by atoms with Crippen molar-refractivity contribution in [1.82, 2.24) is 34.6 Å². The van der Waals surface area contributed by atoms with Crippen molar-refractivity contribution >= 4 is 62.9 Å². The number of piperazine rings is 2. The van der Waals surface area contributed by atoms with Crippen molar-refractivity contribution < 1.29 is 19.1 Å². The van der Waals surface area contributed by atoms with Gasteiger partial charge in [0.25, 0.3) is 0 Å². The normalized spacial score (nSPS) is 15.6. The van der Waals surface area contributed by atoms with Gasteiger partial charge in [-0.15, -0.1) is 0 Å². The van der Waals surface area contributed by atoms with Gasteiger partial charge in [0.1, 0.15) is 17.4 Å². The van der Waals surface area contributed by atoms with Crippen LogP contribution in [0.15, 0.2) is 188 Å². The van der Waals surface area contributed by atoms with Crippen molar-refractivity contribution in [3.05, 3.63) is 199 Å². The number of aromatic nitrogens is 4. The van der Waals surface area contributed by atoms with E-state index in [9.17, 15) is 14.4 Å². The molecule has 0 spiro atoms. The number of urea groups is 1. The molecule has 2 aromatic heterocycles. The van der Waals surface area contributed by atoms with Crippen LogP contribution in [0.5, 0.6) is 5.75 Å². The summed E-state index contributed by atoms with van der Waals surface area (Å²) in [7, 11) is 0. The molecule has 2 atom stereocenters. The highest BCUT2D eigenvalue weighted by atomic mass is 16.5. The zero-order valence-corrected chi connectivity index (χ0v) is 45.3. The first-order chi connectivity index (χ1) is 39.8. The average Bonchev–Trinajstić information content (AvgIpc) is 4.08. The highest BCUT2D eigenvalue weighted by Crippen LogP contribution is 2.37. The van der Waals surface area contributed by atoms with Crippen molar-refractivity contribution in [2.75, 3.05) is 99.0 Å². The minimum atomic E-state index is -0.882. The highest BCUT2D eigenvalue weighted by Gasteiger charge is 2.37. The zero-order valence-electron chi connectivity index (χ0n) is 45.3. The maximum atomic E-state index is 14.8. The molecular weight excluding hydrogens is 1010 g/mol. The molecule has 3 aliphatic rings. The van der Waals surface area contributed by atoms with E-state index in [1.165, 1.54) is 0 Å². The summed E-state index contributed by atoms with van der Waals surface area (Å²) in [6.45, 7) is 9.73. The number of hydrogen-bond donors (Lipinski definition) is 2. The number of benzene rings is 7. The summed E-state index contributed by atoms with van der Waals surface area (Å²) < 4.78 is 5.91. The molecule has 81 heavy (non-hydrogen) atoms. The highest BCUT2D eigenvalue weighted by molar-refractivity contribution is 6.05. The number of para-hydroxylation sites is 1. The van der Waals surface area contributed by atoms with Gasteiger partial charge in [-0.05, 0) is 113 Å². The van der Waals surface area contributed by atoms with Gasteiger partial charge in [-0.25, -0.2) is 14.8 Å². The first kappa shape index (κ1) is 52.5. The molecule has 0 radical (unpaired) electrons. The van der Waals surface area contributed by atoms with E-state index in [-0.39, 0.29) is 17.8 Å². The molecule has 408 valence electrons. The second-order valence-corrected chi connectivity index (χ2v) is 21.1. The zero-order chi connectivity index (χ0) is 54.9. The molecule has 9 aromatic rings. The van der Waals surface area contributed by atoms with Crippen molar-refractivity contribution in [1.29, 1.82) is 0 Å². The fourth-order valence-electron chi connectivity index (χ4n) is 11.3. The third-order valence-corrected chi connectivity index (χ3v) is 15.8. The molecule has 4 amide bonds. The molecule has 2 unspecified atom stereocenters. The smallest absolute Gasteiger partial charge is 0.320 e. The lowest BCUT2D eigenvalue weighted by Crippen LogP contribution is -2.52. The lowest BCUT2D eigenvalue weighted by Gasteiger charge is -2.37. The fourth-order valence-corrected chi connectivity index (χ4v) is 11.3. The van der Waals surface area contributed by atoms with Gasteiger partial charge in [-0.1, -0.05) is 115 Å². The SMILES string of the molecule is O=C(Nc1ccc(-c2ccc3ncc(N4CCN(CCCOc5ccccc5)CC4)nc3c2)cc1)C(c1ccccc1)C(C(=O)Nc1ccc(-c2ccc3ncc(N4CCN(C(=O)N5CCCC5)CC4)nc3c2)cc1)c1ccccc1. The Bertz CT molecular complexity index is 3610. The van der Waals surface area contributed by atoms with Gasteiger partial charge < -0.3 is 35.0 Å². The predicted molar refractivity (Wildman–Crippen MR) is 321 cm³/mol. The molecule has 0 saturated carbocycles. The molecule has 3 fully saturated rings. The Hall–Kier alpha value is -9.21. The van der Waals surface area contributed by atoms with Crippen LogP contribution in [-0.4, -0.2) is 131 Å². The minimum Gasteiger partial charge on any atom is -0.494 e. The maximum absolute atomic E-state index is 14.8. The molecule has 0 aliphatic carbocycles. The molecule has 5 heterocycles. The number of likely N-dealkylation sites (tertiary alicyclic amines) is 1. The van der Waals surface area contributed by atoms with Crippen LogP contribution >= 0.6 is 0 Å². The van der Waals surface area contributed by atoms with Crippen LogP contribution in [0.25, 0.3) is 44.3 Å². The molecule has 12 rings (SSSR count). The number of carbonyl (C=O) groups excluding carboxylic acids is 3. The van der Waals surface area contributed by atoms with Crippen LogP contribution in [0.2, 0.25) is 0 Å². The predicted octanol–water partition coefficient (Wildman–Crippen LogP) is 11.0. The number of hydrogen-bond acceptors (Lipinski definition) is 11. The lowest BCUT2D eigenvalue weighted by molar-refractivity contribution is -0.124. The van der Waals surface area contributed by atoms with E-state index in [1.807, 2.05) is 192 Å². The van der Waals surface area contributed by atoms with E-state index < -0.39 is 11.8 Å². The summed E-state index contributed by atoms with van der Waals surface area (Å²) in [6.07, 6.45) is 6.82. The third-order valence-electron chi connectivity index (χ3n) is 15.8. The van der Waals surface area contributed by atoms with Crippen molar-refractivity contribution in [3.8, 4) is 28.0 Å². The van der Waals surface area contributed by atoms with E-state index >= 15 is 0 Å². The van der Waals surface area contributed by atoms with Gasteiger partial charge >= 0.3 is 6.03 Å². The summed E-state index contributed by atoms with van der Waals surface area (Å²) in [5, 5.41) is 6.35. The second kappa shape index (κ2) is 24.4. The van der Waals surface area contributed by atoms with Gasteiger partial charge in [0.15, 0.2) is 0 Å². The van der Waals surface area contributed by atoms with Gasteiger partial charge in [0.2, 0.25) is 11.8 Å². The van der Waals surface area contributed by atoms with Gasteiger partial charge in [0.05, 0.1) is 52.9 Å². The van der Waals surface area contributed by atoms with Crippen molar-refractivity contribution in [2.45, 2.75) is 31.1 Å². The number of nitrogens with one attached hydrogen (secondary N) is 2. The molecule has 15 nitrogen and oxygen atoms in total. The Morgan fingerprint density at radius 3 is 1.37 bits per heavy atom. The second-order valence-electron chi connectivity index (χ2n) is 21.1. The van der Waals surface area contributed by atoms with Crippen molar-refractivity contribution in [2.24, 2.45) is 0 Å². The Balaban J connectivity index is 0.704. The minimum absolute atomic E-state index is 0.142. The Labute approximate surface area is 472 Å². The van der Waals surface area contributed by atoms with E-state index in [2.05, 4.69) is 31.4 Å². The standard InChI is InChI=1S/C66H65N11O4/c78-64(69-53-25-19-47(20-26-53)51-23-29-56-58(43-51)71-60(45-67-56)74-36-34-73(35-37-74)31-12-42-81-55-17-8-3-9-18-55)62(49-13-4-1-5-14-49)63(50-15-6-2-7-16-50)65(79)70-54-27-21-48(22-28-54)52-24-30-57-59(44-52)72-61(46-68-57)75-38-40-77(41-39-75)66(80)76-32-10-11-33-76/h1-9,13-30,43-46,62-63H,10-12,31-42H2,(H,69,78)(H,70,79). The van der Waals surface area contributed by atoms with E-state index in [1.54, 1.807) is 0 Å². The molecular formula is C66H65N11O4. The average molecular weight is 1080 g/mol. The maximum Gasteiger partial charge on any atom is 0.320 e. The third kappa shape index (κ3) is 12.3. The Morgan fingerprint density at radius 2 is 0.889 bits per heavy atom. The van der Waals surface area contributed by atoms with E-state index in [4.69, 9.17) is 24.7 Å². The Kier molecular flexibility index (Phi) is 15.8. The van der Waals surface area contributed by atoms with Gasteiger partial charge in [0, 0.05) is 83.4 Å². The van der Waals surface area contributed by atoms with Gasteiger partial charge in [-0.3, -0.25) is 24.5 Å².